The third-order valence-corrected chi connectivity index (χ3v) is 4.18. The van der Waals surface area contributed by atoms with Crippen LogP contribution in [0.25, 0.3) is 0 Å². The number of hydrogen-bond acceptors (Lipinski definition) is 3. The van der Waals surface area contributed by atoms with Gasteiger partial charge in [0.15, 0.2) is 0 Å². The van der Waals surface area contributed by atoms with E-state index in [0.29, 0.717) is 6.42 Å². The van der Waals surface area contributed by atoms with Gasteiger partial charge in [-0.1, -0.05) is 0 Å². The number of nitrogens with two attached hydrogens (primary N) is 1. The maximum atomic E-state index is 9.35. The molecule has 3 nitrogen and oxygen atoms in total. The smallest absolute Gasteiger partial charge is 0.0708 e. The van der Waals surface area contributed by atoms with E-state index in [1.807, 2.05) is 13.8 Å². The van der Waals surface area contributed by atoms with Gasteiger partial charge in [-0.3, -0.25) is 0 Å². The second-order valence-electron chi connectivity index (χ2n) is 6.83. The van der Waals surface area contributed by atoms with Crippen molar-refractivity contribution in [3.8, 4) is 0 Å². The molecule has 0 bridgehead atoms. The first-order valence-corrected chi connectivity index (χ1v) is 6.07. The van der Waals surface area contributed by atoms with Gasteiger partial charge in [0.25, 0.3) is 0 Å². The molecule has 3 heteroatoms. The Morgan fingerprint density at radius 2 is 1.75 bits per heavy atom. The van der Waals surface area contributed by atoms with Crippen LogP contribution in [0.2, 0.25) is 0 Å². The Bertz CT molecular complexity index is 266. The number of ether oxygens (including phenoxy) is 1. The average molecular weight is 229 g/mol. The molecule has 0 aromatic rings. The number of hydrogen-bond donors (Lipinski definition) is 2. The Morgan fingerprint density at radius 1 is 1.25 bits per heavy atom. The minimum absolute atomic E-state index is 0.156. The molecule has 1 atom stereocenters. The molecule has 1 fully saturated rings. The van der Waals surface area contributed by atoms with Crippen molar-refractivity contribution in [2.75, 3.05) is 6.61 Å². The molecule has 1 aliphatic heterocycles. The summed E-state index contributed by atoms with van der Waals surface area (Å²) in [6, 6.07) is 0. The molecular formula is C13H27NO2. The van der Waals surface area contributed by atoms with Crippen molar-refractivity contribution in [1.82, 2.24) is 0 Å². The zero-order chi connectivity index (χ0) is 12.8. The van der Waals surface area contributed by atoms with Crippen molar-refractivity contribution in [1.29, 1.82) is 0 Å². The Balaban J connectivity index is 3.21. The Morgan fingerprint density at radius 3 is 2.00 bits per heavy atom. The van der Waals surface area contributed by atoms with Crippen molar-refractivity contribution in [2.45, 2.75) is 71.1 Å². The first kappa shape index (κ1) is 13.9. The molecule has 16 heavy (non-hydrogen) atoms. The lowest BCUT2D eigenvalue weighted by Crippen LogP contribution is -2.59. The van der Waals surface area contributed by atoms with Crippen LogP contribution in [0.15, 0.2) is 0 Å². The molecule has 0 aromatic heterocycles. The highest BCUT2D eigenvalue weighted by Crippen LogP contribution is 2.57. The van der Waals surface area contributed by atoms with Crippen molar-refractivity contribution in [3.05, 3.63) is 0 Å². The lowest BCUT2D eigenvalue weighted by Gasteiger charge is -2.49. The molecule has 1 aliphatic rings. The highest BCUT2D eigenvalue weighted by molar-refractivity contribution is 5.13. The number of aliphatic hydroxyl groups is 1. The summed E-state index contributed by atoms with van der Waals surface area (Å²) in [7, 11) is 0. The summed E-state index contributed by atoms with van der Waals surface area (Å²) in [5.74, 6) is 0. The van der Waals surface area contributed by atoms with Gasteiger partial charge in [-0.05, 0) is 54.4 Å². The zero-order valence-corrected chi connectivity index (χ0v) is 11.6. The Labute approximate surface area is 99.4 Å². The first-order valence-electron chi connectivity index (χ1n) is 6.07. The standard InChI is InChI=1S/C13H27NO2/c1-10(2)9-13(7-8-15,11(3,4)14)12(5,6)16-10/h15H,7-9,14H2,1-6H3. The minimum Gasteiger partial charge on any atom is -0.396 e. The van der Waals surface area contributed by atoms with Crippen LogP contribution in [0.3, 0.4) is 0 Å². The molecule has 0 aliphatic carbocycles. The monoisotopic (exact) mass is 229 g/mol. The first-order chi connectivity index (χ1) is 6.97. The largest absolute Gasteiger partial charge is 0.396 e. The molecule has 1 unspecified atom stereocenters. The summed E-state index contributed by atoms with van der Waals surface area (Å²) in [5, 5.41) is 9.35. The highest BCUT2D eigenvalue weighted by Gasteiger charge is 2.61. The summed E-state index contributed by atoms with van der Waals surface area (Å²) in [5.41, 5.74) is 5.34. The average Bonchev–Trinajstić information content (AvgIpc) is 2.15. The minimum atomic E-state index is -0.368. The van der Waals surface area contributed by atoms with Crippen LogP contribution in [-0.2, 0) is 4.74 Å². The fraction of sp³-hybridized carbons (Fsp3) is 1.00. The second-order valence-corrected chi connectivity index (χ2v) is 6.83. The van der Waals surface area contributed by atoms with E-state index in [0.717, 1.165) is 6.42 Å². The van der Waals surface area contributed by atoms with E-state index in [9.17, 15) is 5.11 Å². The van der Waals surface area contributed by atoms with Crippen LogP contribution < -0.4 is 5.73 Å². The van der Waals surface area contributed by atoms with E-state index >= 15 is 0 Å². The Hall–Kier alpha value is -0.120. The van der Waals surface area contributed by atoms with Crippen molar-refractivity contribution >= 4 is 0 Å². The third kappa shape index (κ3) is 2.01. The molecule has 1 saturated heterocycles. The van der Waals surface area contributed by atoms with E-state index in [4.69, 9.17) is 10.5 Å². The van der Waals surface area contributed by atoms with Gasteiger partial charge >= 0.3 is 0 Å². The highest BCUT2D eigenvalue weighted by atomic mass is 16.5. The van der Waals surface area contributed by atoms with Crippen LogP contribution in [0.1, 0.15) is 54.4 Å². The van der Waals surface area contributed by atoms with Crippen LogP contribution in [-0.4, -0.2) is 28.5 Å². The van der Waals surface area contributed by atoms with Crippen molar-refractivity contribution in [2.24, 2.45) is 11.1 Å². The van der Waals surface area contributed by atoms with E-state index in [-0.39, 0.29) is 28.8 Å². The SMILES string of the molecule is CC1(C)CC(CCO)(C(C)(C)N)C(C)(C)O1. The summed E-state index contributed by atoms with van der Waals surface area (Å²) in [4.78, 5) is 0. The molecule has 1 heterocycles. The van der Waals surface area contributed by atoms with Gasteiger partial charge in [-0.25, -0.2) is 0 Å². The molecule has 0 aromatic carbocycles. The van der Waals surface area contributed by atoms with Crippen LogP contribution >= 0.6 is 0 Å². The maximum Gasteiger partial charge on any atom is 0.0708 e. The summed E-state index contributed by atoms with van der Waals surface area (Å²) < 4.78 is 6.14. The van der Waals surface area contributed by atoms with E-state index in [1.165, 1.54) is 0 Å². The van der Waals surface area contributed by atoms with Gasteiger partial charge in [0, 0.05) is 17.6 Å². The maximum absolute atomic E-state index is 9.35. The van der Waals surface area contributed by atoms with Gasteiger partial charge in [-0.15, -0.1) is 0 Å². The predicted octanol–water partition coefficient (Wildman–Crippen LogP) is 2.07. The lowest BCUT2D eigenvalue weighted by atomic mass is 9.59. The van der Waals surface area contributed by atoms with Gasteiger partial charge < -0.3 is 15.6 Å². The normalized spacial score (nSPS) is 33.0. The fourth-order valence-corrected chi connectivity index (χ4v) is 3.67. The van der Waals surface area contributed by atoms with Crippen LogP contribution in [0.5, 0.6) is 0 Å². The van der Waals surface area contributed by atoms with Crippen LogP contribution in [0.4, 0.5) is 0 Å². The van der Waals surface area contributed by atoms with Crippen molar-refractivity contribution < 1.29 is 9.84 Å². The van der Waals surface area contributed by atoms with E-state index in [2.05, 4.69) is 27.7 Å². The molecule has 3 N–H and O–H groups in total. The molecule has 0 spiro atoms. The molecule has 0 saturated carbocycles. The van der Waals surface area contributed by atoms with Crippen LogP contribution in [0, 0.1) is 5.41 Å². The summed E-state index contributed by atoms with van der Waals surface area (Å²) >= 11 is 0. The lowest BCUT2D eigenvalue weighted by molar-refractivity contribution is -0.112. The molecule has 0 radical (unpaired) electrons. The topological polar surface area (TPSA) is 55.5 Å². The predicted molar refractivity (Wildman–Crippen MR) is 66.3 cm³/mol. The van der Waals surface area contributed by atoms with Gasteiger partial charge in [0.1, 0.15) is 0 Å². The fourth-order valence-electron chi connectivity index (χ4n) is 3.67. The van der Waals surface area contributed by atoms with Gasteiger partial charge in [0.05, 0.1) is 11.2 Å². The van der Waals surface area contributed by atoms with Gasteiger partial charge in [-0.2, -0.15) is 0 Å². The van der Waals surface area contributed by atoms with Gasteiger partial charge in [0.2, 0.25) is 0 Å². The summed E-state index contributed by atoms with van der Waals surface area (Å²) in [6.45, 7) is 12.6. The van der Waals surface area contributed by atoms with E-state index < -0.39 is 0 Å². The zero-order valence-electron chi connectivity index (χ0n) is 11.6. The summed E-state index contributed by atoms with van der Waals surface area (Å²) in [6.07, 6.45) is 1.57. The molecule has 1 rings (SSSR count). The second kappa shape index (κ2) is 3.69. The molecule has 96 valence electrons. The number of aliphatic hydroxyl groups excluding tert-OH is 1. The molecule has 0 amide bonds. The molecular weight excluding hydrogens is 202 g/mol. The quantitative estimate of drug-likeness (QED) is 0.779. The third-order valence-electron chi connectivity index (χ3n) is 4.18. The van der Waals surface area contributed by atoms with Crippen molar-refractivity contribution in [3.63, 3.8) is 0 Å². The Kier molecular flexibility index (Phi) is 3.21. The van der Waals surface area contributed by atoms with E-state index in [1.54, 1.807) is 0 Å². The number of rotatable bonds is 3.